The minimum absolute atomic E-state index is 0.0523. The first-order valence-corrected chi connectivity index (χ1v) is 11.7. The number of imide groups is 1. The number of hydrogen-bond donors (Lipinski definition) is 0. The monoisotopic (exact) mass is 447 g/mol. The van der Waals surface area contributed by atoms with Gasteiger partial charge in [-0.25, -0.2) is 0 Å². The van der Waals surface area contributed by atoms with Crippen LogP contribution in [0.2, 0.25) is 0 Å². The first-order valence-electron chi connectivity index (χ1n) is 11.7. The van der Waals surface area contributed by atoms with E-state index in [9.17, 15) is 9.59 Å². The van der Waals surface area contributed by atoms with Gasteiger partial charge in [0.1, 0.15) is 5.70 Å². The van der Waals surface area contributed by atoms with E-state index in [1.165, 1.54) is 16.2 Å². The van der Waals surface area contributed by atoms with Gasteiger partial charge in [-0.15, -0.1) is 0 Å². The van der Waals surface area contributed by atoms with Crippen LogP contribution >= 0.6 is 0 Å². The van der Waals surface area contributed by atoms with Crippen LogP contribution in [-0.4, -0.2) is 67.0 Å². The number of piperazine rings is 1. The second-order valence-corrected chi connectivity index (χ2v) is 9.08. The fourth-order valence-corrected chi connectivity index (χ4v) is 4.43. The van der Waals surface area contributed by atoms with Crippen molar-refractivity contribution in [2.75, 3.05) is 44.2 Å². The standard InChI is InChI=1S/C27H33N3O3/c1-19(2)33-17-16-30-26(31)24(22-10-8-20(3)9-11-22)25(27(30)32)29-14-12-28(13-15-29)23-7-5-6-21(4)18-23/h5-11,18-19H,12-17H2,1-4H3. The van der Waals surface area contributed by atoms with Gasteiger partial charge in [0, 0.05) is 31.9 Å². The summed E-state index contributed by atoms with van der Waals surface area (Å²) in [6.45, 7) is 11.6. The Hall–Kier alpha value is -3.12. The van der Waals surface area contributed by atoms with E-state index in [0.29, 0.717) is 31.0 Å². The third-order valence-corrected chi connectivity index (χ3v) is 6.21. The summed E-state index contributed by atoms with van der Waals surface area (Å²) < 4.78 is 5.63. The van der Waals surface area contributed by atoms with Crippen LogP contribution in [0, 0.1) is 13.8 Å². The molecular weight excluding hydrogens is 414 g/mol. The number of nitrogens with zero attached hydrogens (tertiary/aromatic N) is 3. The Labute approximate surface area is 196 Å². The number of aryl methyl sites for hydroxylation is 2. The zero-order valence-electron chi connectivity index (χ0n) is 20.0. The molecular formula is C27H33N3O3. The molecule has 2 aliphatic rings. The van der Waals surface area contributed by atoms with Gasteiger partial charge in [0.15, 0.2) is 0 Å². The molecule has 0 aromatic heterocycles. The smallest absolute Gasteiger partial charge is 0.277 e. The molecule has 0 aliphatic carbocycles. The third-order valence-electron chi connectivity index (χ3n) is 6.21. The van der Waals surface area contributed by atoms with Crippen molar-refractivity contribution in [2.24, 2.45) is 0 Å². The van der Waals surface area contributed by atoms with Crippen LogP contribution in [0.4, 0.5) is 5.69 Å². The second-order valence-electron chi connectivity index (χ2n) is 9.08. The zero-order chi connectivity index (χ0) is 23.5. The fourth-order valence-electron chi connectivity index (χ4n) is 4.43. The number of anilines is 1. The molecule has 33 heavy (non-hydrogen) atoms. The Morgan fingerprint density at radius 3 is 2.15 bits per heavy atom. The van der Waals surface area contributed by atoms with E-state index in [2.05, 4.69) is 41.0 Å². The number of carbonyl (C=O) groups excluding carboxylic acids is 2. The Morgan fingerprint density at radius 2 is 1.52 bits per heavy atom. The molecule has 0 atom stereocenters. The lowest BCUT2D eigenvalue weighted by Crippen LogP contribution is -2.47. The molecule has 0 saturated carbocycles. The van der Waals surface area contributed by atoms with E-state index < -0.39 is 0 Å². The van der Waals surface area contributed by atoms with Gasteiger partial charge in [-0.2, -0.15) is 0 Å². The van der Waals surface area contributed by atoms with Crippen molar-refractivity contribution in [3.63, 3.8) is 0 Å². The maximum Gasteiger partial charge on any atom is 0.277 e. The van der Waals surface area contributed by atoms with Crippen LogP contribution in [0.25, 0.3) is 5.57 Å². The molecule has 2 aliphatic heterocycles. The van der Waals surface area contributed by atoms with Crippen molar-refractivity contribution < 1.29 is 14.3 Å². The van der Waals surface area contributed by atoms with Crippen molar-refractivity contribution in [1.82, 2.24) is 9.80 Å². The number of amides is 2. The molecule has 0 radical (unpaired) electrons. The van der Waals surface area contributed by atoms with Crippen LogP contribution in [0.5, 0.6) is 0 Å². The predicted octanol–water partition coefficient (Wildman–Crippen LogP) is 3.63. The van der Waals surface area contributed by atoms with E-state index in [-0.39, 0.29) is 24.5 Å². The molecule has 2 aromatic carbocycles. The molecule has 0 spiro atoms. The van der Waals surface area contributed by atoms with Crippen molar-refractivity contribution in [3.8, 4) is 0 Å². The lowest BCUT2D eigenvalue weighted by molar-refractivity contribution is -0.138. The minimum atomic E-state index is -0.229. The predicted molar refractivity (Wildman–Crippen MR) is 131 cm³/mol. The number of rotatable bonds is 7. The van der Waals surface area contributed by atoms with Crippen LogP contribution in [0.1, 0.15) is 30.5 Å². The third kappa shape index (κ3) is 4.96. The summed E-state index contributed by atoms with van der Waals surface area (Å²) in [6, 6.07) is 16.3. The molecule has 6 heteroatoms. The van der Waals surface area contributed by atoms with Crippen LogP contribution < -0.4 is 4.90 Å². The molecule has 1 saturated heterocycles. The number of ether oxygens (including phenoxy) is 1. The van der Waals surface area contributed by atoms with Crippen LogP contribution in [-0.2, 0) is 14.3 Å². The molecule has 0 N–H and O–H groups in total. The molecule has 1 fully saturated rings. The Kier molecular flexibility index (Phi) is 6.84. The lowest BCUT2D eigenvalue weighted by Gasteiger charge is -2.37. The summed E-state index contributed by atoms with van der Waals surface area (Å²) >= 11 is 0. The Balaban J connectivity index is 1.59. The van der Waals surface area contributed by atoms with Gasteiger partial charge in [0.2, 0.25) is 0 Å². The van der Waals surface area contributed by atoms with E-state index in [0.717, 1.165) is 24.2 Å². The quantitative estimate of drug-likeness (QED) is 0.607. The van der Waals surface area contributed by atoms with Crippen LogP contribution in [0.15, 0.2) is 54.2 Å². The lowest BCUT2D eigenvalue weighted by atomic mass is 10.0. The number of carbonyl (C=O) groups is 2. The zero-order valence-corrected chi connectivity index (χ0v) is 20.0. The molecule has 2 aromatic rings. The summed E-state index contributed by atoms with van der Waals surface area (Å²) in [5, 5.41) is 0. The first kappa shape index (κ1) is 23.1. The molecule has 0 unspecified atom stereocenters. The molecule has 4 rings (SSSR count). The summed E-state index contributed by atoms with van der Waals surface area (Å²) in [4.78, 5) is 32.7. The second kappa shape index (κ2) is 9.79. The number of hydrogen-bond acceptors (Lipinski definition) is 5. The summed E-state index contributed by atoms with van der Waals surface area (Å²) in [5.74, 6) is -0.445. The first-order chi connectivity index (χ1) is 15.8. The normalized spacial score (nSPS) is 17.1. The topological polar surface area (TPSA) is 53.1 Å². The van der Waals surface area contributed by atoms with Gasteiger partial charge in [-0.1, -0.05) is 42.0 Å². The highest BCUT2D eigenvalue weighted by atomic mass is 16.5. The van der Waals surface area contributed by atoms with E-state index in [1.54, 1.807) is 0 Å². The average molecular weight is 448 g/mol. The molecule has 2 heterocycles. The molecule has 6 nitrogen and oxygen atoms in total. The maximum atomic E-state index is 13.5. The summed E-state index contributed by atoms with van der Waals surface area (Å²) in [5.41, 5.74) is 5.37. The van der Waals surface area contributed by atoms with Gasteiger partial charge >= 0.3 is 0 Å². The highest BCUT2D eigenvalue weighted by Crippen LogP contribution is 2.33. The Bertz CT molecular complexity index is 1050. The van der Waals surface area contributed by atoms with Crippen molar-refractivity contribution in [2.45, 2.75) is 33.8 Å². The largest absolute Gasteiger partial charge is 0.377 e. The summed E-state index contributed by atoms with van der Waals surface area (Å²) in [6.07, 6.45) is 0.0523. The number of benzene rings is 2. The molecule has 0 bridgehead atoms. The summed E-state index contributed by atoms with van der Waals surface area (Å²) in [7, 11) is 0. The van der Waals surface area contributed by atoms with Gasteiger partial charge in [0.25, 0.3) is 11.8 Å². The highest BCUT2D eigenvalue weighted by Gasteiger charge is 2.42. The van der Waals surface area contributed by atoms with E-state index in [4.69, 9.17) is 4.74 Å². The van der Waals surface area contributed by atoms with Crippen LogP contribution in [0.3, 0.4) is 0 Å². The maximum absolute atomic E-state index is 13.5. The van der Waals surface area contributed by atoms with Gasteiger partial charge < -0.3 is 14.5 Å². The molecule has 2 amide bonds. The Morgan fingerprint density at radius 1 is 0.848 bits per heavy atom. The SMILES string of the molecule is Cc1ccc(C2=C(N3CCN(c4cccc(C)c4)CC3)C(=O)N(CCOC(C)C)C2=O)cc1. The van der Waals surface area contributed by atoms with E-state index >= 15 is 0 Å². The fraction of sp³-hybridized carbons (Fsp3) is 0.407. The van der Waals surface area contributed by atoms with Crippen molar-refractivity contribution >= 4 is 23.1 Å². The van der Waals surface area contributed by atoms with E-state index in [1.807, 2.05) is 45.0 Å². The molecule has 174 valence electrons. The van der Waals surface area contributed by atoms with Crippen molar-refractivity contribution in [3.05, 3.63) is 70.9 Å². The van der Waals surface area contributed by atoms with Gasteiger partial charge in [-0.3, -0.25) is 14.5 Å². The minimum Gasteiger partial charge on any atom is -0.377 e. The average Bonchev–Trinajstić information content (AvgIpc) is 3.04. The van der Waals surface area contributed by atoms with Gasteiger partial charge in [-0.05, 0) is 51.0 Å². The van der Waals surface area contributed by atoms with Crippen molar-refractivity contribution in [1.29, 1.82) is 0 Å². The van der Waals surface area contributed by atoms with Gasteiger partial charge in [0.05, 0.1) is 24.8 Å². The highest BCUT2D eigenvalue weighted by molar-refractivity contribution is 6.35.